The lowest BCUT2D eigenvalue weighted by Gasteiger charge is -2.07. The van der Waals surface area contributed by atoms with Gasteiger partial charge in [0.2, 0.25) is 5.89 Å². The third kappa shape index (κ3) is 3.82. The van der Waals surface area contributed by atoms with Crippen molar-refractivity contribution < 1.29 is 13.9 Å². The highest BCUT2D eigenvalue weighted by Gasteiger charge is 2.32. The molecular weight excluding hydrogens is 359 g/mol. The molecule has 2 atom stereocenters. The van der Waals surface area contributed by atoms with Crippen LogP contribution in [-0.4, -0.2) is 28.5 Å². The summed E-state index contributed by atoms with van der Waals surface area (Å²) in [7, 11) is 1.42. The molecule has 0 aliphatic heterocycles. The number of esters is 1. The molecule has 0 spiro atoms. The molecule has 23 heavy (non-hydrogen) atoms. The summed E-state index contributed by atoms with van der Waals surface area (Å²) < 4.78 is 10.5. The first-order valence-corrected chi connectivity index (χ1v) is 8.74. The van der Waals surface area contributed by atoms with Crippen LogP contribution in [0.4, 0.5) is 0 Å². The maximum absolute atomic E-state index is 11.6. The van der Waals surface area contributed by atoms with E-state index in [9.17, 15) is 4.79 Å². The summed E-state index contributed by atoms with van der Waals surface area (Å²) in [6.07, 6.45) is 2.51. The molecule has 122 valence electrons. The van der Waals surface area contributed by atoms with Crippen molar-refractivity contribution in [2.75, 3.05) is 7.11 Å². The van der Waals surface area contributed by atoms with Crippen molar-refractivity contribution in [3.63, 3.8) is 0 Å². The van der Waals surface area contributed by atoms with E-state index in [0.29, 0.717) is 26.7 Å². The van der Waals surface area contributed by atoms with E-state index in [-0.39, 0.29) is 17.1 Å². The number of carbonyl (C=O) groups excluding carboxylic acids is 1. The molecule has 0 amide bonds. The first kappa shape index (κ1) is 16.6. The van der Waals surface area contributed by atoms with E-state index in [1.54, 1.807) is 18.2 Å². The molecule has 2 aromatic rings. The van der Waals surface area contributed by atoms with Crippen LogP contribution >= 0.6 is 35.0 Å². The van der Waals surface area contributed by atoms with E-state index in [1.165, 1.54) is 18.9 Å². The first-order chi connectivity index (χ1) is 11.1. The van der Waals surface area contributed by atoms with Crippen molar-refractivity contribution in [2.45, 2.75) is 29.7 Å². The van der Waals surface area contributed by atoms with Gasteiger partial charge in [0.05, 0.1) is 23.6 Å². The minimum Gasteiger partial charge on any atom is -0.469 e. The van der Waals surface area contributed by atoms with Crippen LogP contribution in [-0.2, 0) is 9.53 Å². The Labute approximate surface area is 147 Å². The zero-order valence-electron chi connectivity index (χ0n) is 12.3. The van der Waals surface area contributed by atoms with E-state index in [2.05, 4.69) is 10.2 Å². The molecule has 1 saturated carbocycles. The summed E-state index contributed by atoms with van der Waals surface area (Å²) in [6, 6.07) is 5.10. The number of hydrogen-bond acceptors (Lipinski definition) is 6. The third-order valence-corrected chi connectivity index (χ3v) is 5.43. The fraction of sp³-hybridized carbons (Fsp3) is 0.400. The maximum Gasteiger partial charge on any atom is 0.308 e. The number of ether oxygens (including phenoxy) is 1. The van der Waals surface area contributed by atoms with Crippen LogP contribution < -0.4 is 0 Å². The average Bonchev–Trinajstić information content (AvgIpc) is 3.16. The second kappa shape index (κ2) is 7.11. The summed E-state index contributed by atoms with van der Waals surface area (Å²) in [5.74, 6) is 0.176. The predicted octanol–water partition coefficient (Wildman–Crippen LogP) is 4.48. The quantitative estimate of drug-likeness (QED) is 0.737. The molecule has 5 nitrogen and oxygen atoms in total. The van der Waals surface area contributed by atoms with Crippen LogP contribution in [0, 0.1) is 5.92 Å². The van der Waals surface area contributed by atoms with E-state index < -0.39 is 0 Å². The van der Waals surface area contributed by atoms with E-state index in [0.717, 1.165) is 19.3 Å². The Morgan fingerprint density at radius 1 is 1.35 bits per heavy atom. The van der Waals surface area contributed by atoms with Gasteiger partial charge in [-0.3, -0.25) is 4.79 Å². The molecule has 1 aliphatic carbocycles. The summed E-state index contributed by atoms with van der Waals surface area (Å²) in [4.78, 5) is 11.6. The van der Waals surface area contributed by atoms with Crippen molar-refractivity contribution in [1.82, 2.24) is 10.2 Å². The number of carbonyl (C=O) groups is 1. The molecule has 1 aromatic heterocycles. The molecule has 1 aromatic carbocycles. The van der Waals surface area contributed by atoms with Crippen LogP contribution in [0.3, 0.4) is 0 Å². The molecule has 0 unspecified atom stereocenters. The van der Waals surface area contributed by atoms with Gasteiger partial charge in [0.1, 0.15) is 0 Å². The Balaban J connectivity index is 1.67. The number of halogens is 2. The zero-order chi connectivity index (χ0) is 16.4. The van der Waals surface area contributed by atoms with E-state index in [1.807, 2.05) is 0 Å². The van der Waals surface area contributed by atoms with E-state index in [4.69, 9.17) is 32.4 Å². The van der Waals surface area contributed by atoms with Crippen molar-refractivity contribution in [2.24, 2.45) is 5.92 Å². The molecule has 3 rings (SSSR count). The molecule has 0 saturated heterocycles. The second-order valence-electron chi connectivity index (χ2n) is 5.27. The summed E-state index contributed by atoms with van der Waals surface area (Å²) in [6.45, 7) is 0. The Morgan fingerprint density at radius 2 is 2.17 bits per heavy atom. The van der Waals surface area contributed by atoms with Gasteiger partial charge in [-0.25, -0.2) is 0 Å². The van der Waals surface area contributed by atoms with Crippen molar-refractivity contribution in [1.29, 1.82) is 0 Å². The van der Waals surface area contributed by atoms with Gasteiger partial charge in [-0.1, -0.05) is 35.0 Å². The number of methoxy groups -OCH3 is 1. The van der Waals surface area contributed by atoms with Crippen molar-refractivity contribution in [3.8, 4) is 11.5 Å². The zero-order valence-corrected chi connectivity index (χ0v) is 14.6. The molecule has 0 N–H and O–H groups in total. The highest BCUT2D eigenvalue weighted by Crippen LogP contribution is 2.39. The molecule has 1 heterocycles. The standard InChI is InChI=1S/C15H14Cl2N2O3S/c1-21-14(20)8-2-4-10(6-8)23-15-19-18-13(22-15)11-5-3-9(16)7-12(11)17/h3,5,7-8,10H,2,4,6H2,1H3/t8-,10+/m0/s1. The minimum atomic E-state index is -0.146. The number of thioether (sulfide) groups is 1. The van der Waals surface area contributed by atoms with Gasteiger partial charge in [0.25, 0.3) is 5.22 Å². The molecular formula is C15H14Cl2N2O3S. The Morgan fingerprint density at radius 3 is 2.91 bits per heavy atom. The Hall–Kier alpha value is -1.24. The van der Waals surface area contributed by atoms with Crippen LogP contribution in [0.2, 0.25) is 10.0 Å². The number of nitrogens with zero attached hydrogens (tertiary/aromatic N) is 2. The monoisotopic (exact) mass is 372 g/mol. The lowest BCUT2D eigenvalue weighted by molar-refractivity contribution is -0.145. The van der Waals surface area contributed by atoms with Gasteiger partial charge < -0.3 is 9.15 Å². The fourth-order valence-corrected chi connectivity index (χ4v) is 4.17. The number of rotatable bonds is 4. The summed E-state index contributed by atoms with van der Waals surface area (Å²) in [5.41, 5.74) is 0.647. The lowest BCUT2D eigenvalue weighted by Crippen LogP contribution is -2.13. The van der Waals surface area contributed by atoms with Gasteiger partial charge in [0.15, 0.2) is 0 Å². The van der Waals surface area contributed by atoms with E-state index >= 15 is 0 Å². The summed E-state index contributed by atoms with van der Waals surface area (Å²) in [5, 5.41) is 9.84. The highest BCUT2D eigenvalue weighted by atomic mass is 35.5. The van der Waals surface area contributed by atoms with Crippen molar-refractivity contribution >= 4 is 40.9 Å². The molecule has 0 radical (unpaired) electrons. The van der Waals surface area contributed by atoms with Crippen LogP contribution in [0.15, 0.2) is 27.8 Å². The van der Waals surface area contributed by atoms with Gasteiger partial charge in [-0.05, 0) is 37.5 Å². The first-order valence-electron chi connectivity index (χ1n) is 7.10. The van der Waals surface area contributed by atoms with Gasteiger partial charge in [0, 0.05) is 10.3 Å². The van der Waals surface area contributed by atoms with Crippen LogP contribution in [0.5, 0.6) is 0 Å². The lowest BCUT2D eigenvalue weighted by atomic mass is 10.1. The molecule has 0 bridgehead atoms. The van der Waals surface area contributed by atoms with Crippen LogP contribution in [0.25, 0.3) is 11.5 Å². The topological polar surface area (TPSA) is 65.2 Å². The molecule has 1 fully saturated rings. The number of hydrogen-bond donors (Lipinski definition) is 0. The second-order valence-corrected chi connectivity index (χ2v) is 7.37. The third-order valence-electron chi connectivity index (χ3n) is 3.75. The largest absolute Gasteiger partial charge is 0.469 e. The average molecular weight is 373 g/mol. The number of aromatic nitrogens is 2. The predicted molar refractivity (Wildman–Crippen MR) is 88.8 cm³/mol. The number of benzene rings is 1. The molecule has 1 aliphatic rings. The molecule has 8 heteroatoms. The van der Waals surface area contributed by atoms with Gasteiger partial charge in [-0.2, -0.15) is 0 Å². The minimum absolute atomic E-state index is 0.0365. The van der Waals surface area contributed by atoms with Crippen molar-refractivity contribution in [3.05, 3.63) is 28.2 Å². The fourth-order valence-electron chi connectivity index (χ4n) is 2.60. The van der Waals surface area contributed by atoms with Crippen LogP contribution in [0.1, 0.15) is 19.3 Å². The smallest absolute Gasteiger partial charge is 0.308 e. The summed E-state index contributed by atoms with van der Waals surface area (Å²) >= 11 is 13.5. The SMILES string of the molecule is COC(=O)[C@H]1CC[C@@H](Sc2nnc(-c3ccc(Cl)cc3Cl)o2)C1. The Bertz CT molecular complexity index is 722. The maximum atomic E-state index is 11.6. The van der Waals surface area contributed by atoms with Gasteiger partial charge in [-0.15, -0.1) is 10.2 Å². The van der Waals surface area contributed by atoms with Gasteiger partial charge >= 0.3 is 5.97 Å². The normalized spacial score (nSPS) is 20.7. The Kier molecular flexibility index (Phi) is 5.14. The highest BCUT2D eigenvalue weighted by molar-refractivity contribution is 7.99.